The lowest BCUT2D eigenvalue weighted by Crippen LogP contribution is -2.27. The van der Waals surface area contributed by atoms with E-state index >= 15 is 0 Å². The van der Waals surface area contributed by atoms with E-state index in [1.807, 2.05) is 57.2 Å². The fourth-order valence-corrected chi connectivity index (χ4v) is 3.19. The molecule has 3 nitrogen and oxygen atoms in total. The van der Waals surface area contributed by atoms with Gasteiger partial charge in [0, 0.05) is 11.3 Å². The predicted molar refractivity (Wildman–Crippen MR) is 113 cm³/mol. The summed E-state index contributed by atoms with van der Waals surface area (Å²) in [7, 11) is 0. The molecule has 0 radical (unpaired) electrons. The maximum atomic E-state index is 12.9. The lowest BCUT2D eigenvalue weighted by Gasteiger charge is -2.18. The van der Waals surface area contributed by atoms with Crippen molar-refractivity contribution in [3.05, 3.63) is 77.4 Å². The van der Waals surface area contributed by atoms with E-state index in [0.717, 1.165) is 22.2 Å². The summed E-state index contributed by atoms with van der Waals surface area (Å²) < 4.78 is 0. The molecule has 2 N–H and O–H groups in total. The highest BCUT2D eigenvalue weighted by Crippen LogP contribution is 2.25. The van der Waals surface area contributed by atoms with Crippen LogP contribution in [0.2, 0.25) is 0 Å². The zero-order valence-corrected chi connectivity index (χ0v) is 16.0. The number of anilines is 1. The first-order chi connectivity index (χ1) is 13.1. The summed E-state index contributed by atoms with van der Waals surface area (Å²) in [4.78, 5) is 12.9. The molecule has 0 aliphatic rings. The zero-order chi connectivity index (χ0) is 19.2. The molecule has 136 valence electrons. The molecule has 0 saturated heterocycles. The first-order valence-corrected chi connectivity index (χ1v) is 9.13. The van der Waals surface area contributed by atoms with Crippen LogP contribution in [0.1, 0.15) is 41.4 Å². The predicted octanol–water partition coefficient (Wildman–Crippen LogP) is 5.07. The van der Waals surface area contributed by atoms with Crippen molar-refractivity contribution in [1.29, 1.82) is 0 Å². The molecule has 3 rings (SSSR count). The Kier molecular flexibility index (Phi) is 5.78. The Morgan fingerprint density at radius 1 is 1.07 bits per heavy atom. The molecule has 0 aliphatic carbocycles. The van der Waals surface area contributed by atoms with Crippen molar-refractivity contribution in [1.82, 2.24) is 5.32 Å². The average molecular weight is 356 g/mol. The summed E-state index contributed by atoms with van der Waals surface area (Å²) in [5.74, 6) is 5.75. The minimum Gasteiger partial charge on any atom is -0.374 e. The van der Waals surface area contributed by atoms with Gasteiger partial charge in [-0.3, -0.25) is 4.79 Å². The Bertz CT molecular complexity index is 1020. The van der Waals surface area contributed by atoms with Crippen LogP contribution in [0.25, 0.3) is 10.8 Å². The summed E-state index contributed by atoms with van der Waals surface area (Å²) in [6, 6.07) is 20.2. The standard InChI is InChI=1S/C24H24N2O/c1-4-5-15-25-20-14-13-17(2)23(16-20)24(27)26-18(3)21-12-8-10-19-9-6-7-11-22(19)21/h6-14,16,18,25H,15H2,1-3H3,(H,26,27)/t18-/m1/s1. The van der Waals surface area contributed by atoms with Crippen molar-refractivity contribution < 1.29 is 4.79 Å². The van der Waals surface area contributed by atoms with Crippen LogP contribution in [0.4, 0.5) is 5.69 Å². The van der Waals surface area contributed by atoms with Gasteiger partial charge in [-0.25, -0.2) is 0 Å². The second kappa shape index (κ2) is 8.42. The summed E-state index contributed by atoms with van der Waals surface area (Å²) in [6.07, 6.45) is 0. The Balaban J connectivity index is 1.81. The van der Waals surface area contributed by atoms with Gasteiger partial charge in [-0.15, -0.1) is 5.92 Å². The minimum absolute atomic E-state index is 0.0711. The molecule has 1 amide bonds. The van der Waals surface area contributed by atoms with Crippen molar-refractivity contribution in [2.75, 3.05) is 11.9 Å². The Morgan fingerprint density at radius 2 is 1.85 bits per heavy atom. The highest BCUT2D eigenvalue weighted by Gasteiger charge is 2.15. The third-order valence-electron chi connectivity index (χ3n) is 4.68. The van der Waals surface area contributed by atoms with E-state index in [4.69, 9.17) is 0 Å². The quantitative estimate of drug-likeness (QED) is 0.626. The lowest BCUT2D eigenvalue weighted by molar-refractivity contribution is 0.0939. The number of amides is 1. The number of carbonyl (C=O) groups is 1. The maximum Gasteiger partial charge on any atom is 0.252 e. The van der Waals surface area contributed by atoms with Crippen LogP contribution >= 0.6 is 0 Å². The summed E-state index contributed by atoms with van der Waals surface area (Å²) in [6.45, 7) is 6.35. The molecule has 27 heavy (non-hydrogen) atoms. The van der Waals surface area contributed by atoms with E-state index in [0.29, 0.717) is 12.1 Å². The molecular weight excluding hydrogens is 332 g/mol. The second-order valence-corrected chi connectivity index (χ2v) is 6.57. The molecule has 0 bridgehead atoms. The summed E-state index contributed by atoms with van der Waals surface area (Å²) in [5, 5.41) is 8.71. The molecule has 0 spiro atoms. The van der Waals surface area contributed by atoms with Gasteiger partial charge in [-0.1, -0.05) is 54.5 Å². The smallest absolute Gasteiger partial charge is 0.252 e. The van der Waals surface area contributed by atoms with Gasteiger partial charge in [0.15, 0.2) is 0 Å². The summed E-state index contributed by atoms with van der Waals surface area (Å²) >= 11 is 0. The Morgan fingerprint density at radius 3 is 2.67 bits per heavy atom. The molecule has 1 atom stereocenters. The molecule has 0 fully saturated rings. The molecule has 3 aromatic carbocycles. The van der Waals surface area contributed by atoms with Crippen LogP contribution in [-0.2, 0) is 0 Å². The van der Waals surface area contributed by atoms with Gasteiger partial charge < -0.3 is 10.6 Å². The Hall–Kier alpha value is -3.25. The number of hydrogen-bond acceptors (Lipinski definition) is 2. The lowest BCUT2D eigenvalue weighted by atomic mass is 9.99. The number of hydrogen-bond donors (Lipinski definition) is 2. The highest BCUT2D eigenvalue weighted by atomic mass is 16.1. The van der Waals surface area contributed by atoms with Gasteiger partial charge >= 0.3 is 0 Å². The SMILES string of the molecule is CC#CCNc1ccc(C)c(C(=O)N[C@H](C)c2cccc3ccccc23)c1. The van der Waals surface area contributed by atoms with Crippen LogP contribution < -0.4 is 10.6 Å². The average Bonchev–Trinajstić information content (AvgIpc) is 2.68. The number of nitrogens with one attached hydrogen (secondary N) is 2. The number of aryl methyl sites for hydroxylation is 1. The van der Waals surface area contributed by atoms with Crippen molar-refractivity contribution >= 4 is 22.4 Å². The third kappa shape index (κ3) is 4.30. The van der Waals surface area contributed by atoms with E-state index in [1.165, 1.54) is 5.39 Å². The molecule has 0 aliphatic heterocycles. The van der Waals surface area contributed by atoms with E-state index < -0.39 is 0 Å². The van der Waals surface area contributed by atoms with Crippen molar-refractivity contribution in [3.8, 4) is 11.8 Å². The van der Waals surface area contributed by atoms with E-state index in [1.54, 1.807) is 0 Å². The maximum absolute atomic E-state index is 12.9. The number of benzene rings is 3. The van der Waals surface area contributed by atoms with Gasteiger partial charge in [0.1, 0.15) is 0 Å². The van der Waals surface area contributed by atoms with Crippen molar-refractivity contribution in [3.63, 3.8) is 0 Å². The normalized spacial score (nSPS) is 11.4. The van der Waals surface area contributed by atoms with Gasteiger partial charge in [0.2, 0.25) is 0 Å². The van der Waals surface area contributed by atoms with E-state index in [2.05, 4.69) is 46.7 Å². The fourth-order valence-electron chi connectivity index (χ4n) is 3.19. The molecule has 0 heterocycles. The molecule has 0 saturated carbocycles. The molecule has 3 aromatic rings. The molecule has 0 unspecified atom stereocenters. The third-order valence-corrected chi connectivity index (χ3v) is 4.68. The monoisotopic (exact) mass is 356 g/mol. The van der Waals surface area contributed by atoms with Crippen LogP contribution in [0.3, 0.4) is 0 Å². The van der Waals surface area contributed by atoms with Gasteiger partial charge in [0.05, 0.1) is 12.6 Å². The topological polar surface area (TPSA) is 41.1 Å². The van der Waals surface area contributed by atoms with Crippen LogP contribution in [0.5, 0.6) is 0 Å². The number of rotatable bonds is 5. The number of fused-ring (bicyclic) bond motifs is 1. The van der Waals surface area contributed by atoms with Gasteiger partial charge in [0.25, 0.3) is 5.91 Å². The first kappa shape index (κ1) is 18.5. The zero-order valence-electron chi connectivity index (χ0n) is 16.0. The van der Waals surface area contributed by atoms with Crippen molar-refractivity contribution in [2.45, 2.75) is 26.8 Å². The molecular formula is C24H24N2O. The Labute approximate surface area is 160 Å². The van der Waals surface area contributed by atoms with Gasteiger partial charge in [-0.2, -0.15) is 0 Å². The van der Waals surface area contributed by atoms with Crippen LogP contribution in [0, 0.1) is 18.8 Å². The highest BCUT2D eigenvalue weighted by molar-refractivity contribution is 5.97. The van der Waals surface area contributed by atoms with Gasteiger partial charge in [-0.05, 0) is 54.8 Å². The molecule has 3 heteroatoms. The van der Waals surface area contributed by atoms with E-state index in [-0.39, 0.29) is 11.9 Å². The van der Waals surface area contributed by atoms with Crippen LogP contribution in [0.15, 0.2) is 60.7 Å². The first-order valence-electron chi connectivity index (χ1n) is 9.13. The van der Waals surface area contributed by atoms with Crippen molar-refractivity contribution in [2.24, 2.45) is 0 Å². The fraction of sp³-hybridized carbons (Fsp3) is 0.208. The second-order valence-electron chi connectivity index (χ2n) is 6.57. The number of carbonyl (C=O) groups excluding carboxylic acids is 1. The summed E-state index contributed by atoms with van der Waals surface area (Å²) in [5.41, 5.74) is 3.64. The van der Waals surface area contributed by atoms with E-state index in [9.17, 15) is 4.79 Å². The minimum atomic E-state index is -0.0921. The largest absolute Gasteiger partial charge is 0.374 e. The van der Waals surface area contributed by atoms with Crippen LogP contribution in [-0.4, -0.2) is 12.5 Å². The molecule has 0 aromatic heterocycles.